The van der Waals surface area contributed by atoms with Gasteiger partial charge in [0.05, 0.1) is 17.1 Å². The fourth-order valence-electron chi connectivity index (χ4n) is 3.23. The Balaban J connectivity index is 1.53. The largest absolute Gasteiger partial charge is 0.353 e. The van der Waals surface area contributed by atoms with Crippen molar-refractivity contribution in [3.63, 3.8) is 0 Å². The summed E-state index contributed by atoms with van der Waals surface area (Å²) in [6, 6.07) is 10.7. The highest BCUT2D eigenvalue weighted by Crippen LogP contribution is 2.24. The molecule has 0 saturated heterocycles. The molecule has 1 saturated carbocycles. The normalized spacial score (nSPS) is 21.1. The molecule has 4 heteroatoms. The second-order valence-electron chi connectivity index (χ2n) is 6.51. The quantitative estimate of drug-likeness (QED) is 0.902. The number of rotatable bonds is 5. The lowest BCUT2D eigenvalue weighted by Crippen LogP contribution is -2.41. The van der Waals surface area contributed by atoms with Gasteiger partial charge in [0.15, 0.2) is 0 Å². The second kappa shape index (κ2) is 7.73. The summed E-state index contributed by atoms with van der Waals surface area (Å²) in [6.07, 6.45) is 6.10. The molecule has 3 rings (SSSR count). The molecule has 23 heavy (non-hydrogen) atoms. The van der Waals surface area contributed by atoms with E-state index in [-0.39, 0.29) is 5.91 Å². The molecule has 0 unspecified atom stereocenters. The fraction of sp³-hybridized carbons (Fsp3) is 0.474. The maximum absolute atomic E-state index is 12.2. The molecule has 2 aromatic rings. The summed E-state index contributed by atoms with van der Waals surface area (Å²) in [5.41, 5.74) is 2.15. The van der Waals surface area contributed by atoms with Gasteiger partial charge in [-0.1, -0.05) is 50.1 Å². The zero-order valence-corrected chi connectivity index (χ0v) is 14.4. The number of nitrogens with one attached hydrogen (secondary N) is 1. The van der Waals surface area contributed by atoms with Crippen LogP contribution in [-0.2, 0) is 17.6 Å². The van der Waals surface area contributed by atoms with Gasteiger partial charge in [-0.15, -0.1) is 11.3 Å². The number of carbonyl (C=O) groups is 1. The van der Waals surface area contributed by atoms with Crippen LogP contribution < -0.4 is 5.32 Å². The summed E-state index contributed by atoms with van der Waals surface area (Å²) in [6.45, 7) is 2.24. The molecule has 3 nitrogen and oxygen atoms in total. The highest BCUT2D eigenvalue weighted by atomic mass is 32.1. The molecule has 1 aromatic carbocycles. The topological polar surface area (TPSA) is 42.0 Å². The number of hydrogen-bond donors (Lipinski definition) is 1. The molecule has 1 amide bonds. The van der Waals surface area contributed by atoms with Crippen LogP contribution in [0.15, 0.2) is 35.7 Å². The molecule has 122 valence electrons. The summed E-state index contributed by atoms with van der Waals surface area (Å²) in [4.78, 5) is 16.9. The number of carbonyl (C=O) groups excluding carboxylic acids is 1. The third-order valence-electron chi connectivity index (χ3n) is 4.60. The number of benzene rings is 1. The summed E-state index contributed by atoms with van der Waals surface area (Å²) in [5, 5.41) is 6.29. The van der Waals surface area contributed by atoms with Crippen molar-refractivity contribution >= 4 is 17.2 Å². The van der Waals surface area contributed by atoms with Crippen LogP contribution in [0, 0.1) is 5.92 Å². The lowest BCUT2D eigenvalue weighted by atomic mass is 9.86. The van der Waals surface area contributed by atoms with Crippen LogP contribution in [0.2, 0.25) is 0 Å². The first-order valence-corrected chi connectivity index (χ1v) is 9.35. The summed E-state index contributed by atoms with van der Waals surface area (Å²) in [5.74, 6) is 0.706. The molecule has 1 aliphatic rings. The molecule has 2 atom stereocenters. The van der Waals surface area contributed by atoms with E-state index in [1.54, 1.807) is 11.3 Å². The molecule has 1 aromatic heterocycles. The molecular formula is C19H24N2OS. The van der Waals surface area contributed by atoms with Crippen molar-refractivity contribution in [2.24, 2.45) is 5.92 Å². The zero-order chi connectivity index (χ0) is 16.1. The van der Waals surface area contributed by atoms with E-state index in [2.05, 4.69) is 29.4 Å². The molecule has 0 aliphatic heterocycles. The maximum atomic E-state index is 12.2. The van der Waals surface area contributed by atoms with Crippen LogP contribution >= 0.6 is 11.3 Å². The molecule has 0 bridgehead atoms. The third-order valence-corrected chi connectivity index (χ3v) is 5.49. The lowest BCUT2D eigenvalue weighted by molar-refractivity contribution is -0.121. The predicted molar refractivity (Wildman–Crippen MR) is 94.6 cm³/mol. The minimum atomic E-state index is 0.111. The van der Waals surface area contributed by atoms with Crippen molar-refractivity contribution in [2.75, 3.05) is 0 Å². The molecule has 0 spiro atoms. The number of nitrogens with zero attached hydrogens (tertiary/aromatic N) is 1. The van der Waals surface area contributed by atoms with Gasteiger partial charge in [0.25, 0.3) is 0 Å². The highest BCUT2D eigenvalue weighted by Gasteiger charge is 2.23. The minimum absolute atomic E-state index is 0.111. The van der Waals surface area contributed by atoms with E-state index in [0.29, 0.717) is 18.4 Å². The number of amides is 1. The first-order chi connectivity index (χ1) is 11.2. The molecular weight excluding hydrogens is 304 g/mol. The number of hydrogen-bond acceptors (Lipinski definition) is 3. The van der Waals surface area contributed by atoms with E-state index in [9.17, 15) is 4.79 Å². The summed E-state index contributed by atoms with van der Waals surface area (Å²) < 4.78 is 0. The Morgan fingerprint density at radius 2 is 2.04 bits per heavy atom. The van der Waals surface area contributed by atoms with Crippen LogP contribution in [0.25, 0.3) is 0 Å². The van der Waals surface area contributed by atoms with E-state index in [0.717, 1.165) is 23.5 Å². The van der Waals surface area contributed by atoms with Crippen molar-refractivity contribution in [3.05, 3.63) is 52.0 Å². The van der Waals surface area contributed by atoms with Crippen LogP contribution in [0.3, 0.4) is 0 Å². The Morgan fingerprint density at radius 1 is 1.26 bits per heavy atom. The summed E-state index contributed by atoms with van der Waals surface area (Å²) in [7, 11) is 0. The van der Waals surface area contributed by atoms with Gasteiger partial charge < -0.3 is 5.32 Å². The first kappa shape index (κ1) is 16.2. The van der Waals surface area contributed by atoms with Crippen LogP contribution in [0.1, 0.15) is 48.9 Å². The zero-order valence-electron chi connectivity index (χ0n) is 13.6. The van der Waals surface area contributed by atoms with Gasteiger partial charge in [-0.25, -0.2) is 4.98 Å². The molecule has 1 N–H and O–H groups in total. The van der Waals surface area contributed by atoms with Gasteiger partial charge in [-0.2, -0.15) is 0 Å². The SMILES string of the molecule is C[C@H]1CCCC[C@@H]1NC(=O)Cc1csc(Cc2ccccc2)n1. The highest BCUT2D eigenvalue weighted by molar-refractivity contribution is 7.09. The number of aromatic nitrogens is 1. The van der Waals surface area contributed by atoms with Gasteiger partial charge in [-0.05, 0) is 24.3 Å². The molecule has 1 heterocycles. The van der Waals surface area contributed by atoms with Gasteiger partial charge in [0.1, 0.15) is 0 Å². The van der Waals surface area contributed by atoms with Crippen molar-refractivity contribution in [1.82, 2.24) is 10.3 Å². The Bertz CT molecular complexity index is 638. The maximum Gasteiger partial charge on any atom is 0.226 e. The van der Waals surface area contributed by atoms with E-state index in [1.165, 1.54) is 24.8 Å². The third kappa shape index (κ3) is 4.64. The van der Waals surface area contributed by atoms with Gasteiger partial charge >= 0.3 is 0 Å². The van der Waals surface area contributed by atoms with Crippen molar-refractivity contribution in [2.45, 2.75) is 51.5 Å². The van der Waals surface area contributed by atoms with Gasteiger partial charge in [-0.3, -0.25) is 4.79 Å². The van der Waals surface area contributed by atoms with E-state index >= 15 is 0 Å². The standard InChI is InChI=1S/C19H24N2OS/c1-14-7-5-6-10-17(14)21-18(22)12-16-13-23-19(20-16)11-15-8-3-2-4-9-15/h2-4,8-9,13-14,17H,5-7,10-12H2,1H3,(H,21,22)/t14-,17-/m0/s1. The Labute approximate surface area is 142 Å². The molecule has 1 fully saturated rings. The van der Waals surface area contributed by atoms with Crippen LogP contribution in [0.4, 0.5) is 0 Å². The van der Waals surface area contributed by atoms with Crippen LogP contribution in [-0.4, -0.2) is 16.9 Å². The monoisotopic (exact) mass is 328 g/mol. The van der Waals surface area contributed by atoms with E-state index in [4.69, 9.17) is 0 Å². The lowest BCUT2D eigenvalue weighted by Gasteiger charge is -2.29. The van der Waals surface area contributed by atoms with E-state index < -0.39 is 0 Å². The average Bonchev–Trinajstić information content (AvgIpc) is 2.97. The molecule has 1 aliphatic carbocycles. The van der Waals surface area contributed by atoms with Gasteiger partial charge in [0, 0.05) is 17.8 Å². The van der Waals surface area contributed by atoms with Gasteiger partial charge in [0.2, 0.25) is 5.91 Å². The van der Waals surface area contributed by atoms with Crippen molar-refractivity contribution in [1.29, 1.82) is 0 Å². The van der Waals surface area contributed by atoms with Crippen molar-refractivity contribution < 1.29 is 4.79 Å². The van der Waals surface area contributed by atoms with Crippen molar-refractivity contribution in [3.8, 4) is 0 Å². The second-order valence-corrected chi connectivity index (χ2v) is 7.45. The first-order valence-electron chi connectivity index (χ1n) is 8.47. The average molecular weight is 328 g/mol. The smallest absolute Gasteiger partial charge is 0.226 e. The summed E-state index contributed by atoms with van der Waals surface area (Å²) >= 11 is 1.64. The van der Waals surface area contributed by atoms with Crippen LogP contribution in [0.5, 0.6) is 0 Å². The fourth-order valence-corrected chi connectivity index (χ4v) is 4.06. The Morgan fingerprint density at radius 3 is 2.83 bits per heavy atom. The Kier molecular flexibility index (Phi) is 5.44. The molecule has 0 radical (unpaired) electrons. The predicted octanol–water partition coefficient (Wildman–Crippen LogP) is 3.97. The minimum Gasteiger partial charge on any atom is -0.353 e. The Hall–Kier alpha value is -1.68. The van der Waals surface area contributed by atoms with E-state index in [1.807, 2.05) is 23.6 Å². The number of thiazole rings is 1.